The van der Waals surface area contributed by atoms with Crippen molar-refractivity contribution in [2.24, 2.45) is 17.8 Å². The van der Waals surface area contributed by atoms with Crippen LogP contribution in [0.4, 0.5) is 0 Å². The topological polar surface area (TPSA) is 92.7 Å². The largest absolute Gasteiger partial charge is 0.481 e. The Kier molecular flexibility index (Phi) is 5.32. The van der Waals surface area contributed by atoms with Gasteiger partial charge in [0.2, 0.25) is 5.91 Å². The number of carboxylic acid groups (broad SMARTS) is 1. The number of methoxy groups -OCH3 is 1. The molecule has 2 N–H and O–H groups in total. The molecule has 1 amide bonds. The van der Waals surface area contributed by atoms with E-state index in [1.807, 2.05) is 13.8 Å². The van der Waals surface area contributed by atoms with Crippen molar-refractivity contribution in [3.63, 3.8) is 0 Å². The van der Waals surface area contributed by atoms with E-state index < -0.39 is 23.9 Å². The number of rotatable bonds is 5. The van der Waals surface area contributed by atoms with Gasteiger partial charge in [0.15, 0.2) is 0 Å². The Balaban J connectivity index is 2.59. The molecule has 0 aromatic rings. The van der Waals surface area contributed by atoms with E-state index >= 15 is 0 Å². The van der Waals surface area contributed by atoms with Gasteiger partial charge in [-0.25, -0.2) is 4.79 Å². The third kappa shape index (κ3) is 3.94. The van der Waals surface area contributed by atoms with E-state index in [0.717, 1.165) is 0 Å². The van der Waals surface area contributed by atoms with Crippen LogP contribution in [0.25, 0.3) is 0 Å². The first-order valence-corrected chi connectivity index (χ1v) is 6.47. The molecule has 0 aliphatic heterocycles. The van der Waals surface area contributed by atoms with Gasteiger partial charge >= 0.3 is 11.9 Å². The molecule has 19 heavy (non-hydrogen) atoms. The van der Waals surface area contributed by atoms with Crippen LogP contribution in [0.1, 0.15) is 33.1 Å². The van der Waals surface area contributed by atoms with E-state index in [4.69, 9.17) is 5.11 Å². The molecule has 1 aliphatic carbocycles. The summed E-state index contributed by atoms with van der Waals surface area (Å²) in [5, 5.41) is 11.6. The second-order valence-electron chi connectivity index (χ2n) is 5.30. The molecule has 0 spiro atoms. The highest BCUT2D eigenvalue weighted by Crippen LogP contribution is 2.31. The Morgan fingerprint density at radius 1 is 1.21 bits per heavy atom. The van der Waals surface area contributed by atoms with Gasteiger partial charge in [0.05, 0.1) is 13.0 Å². The minimum atomic E-state index is -0.858. The predicted molar refractivity (Wildman–Crippen MR) is 67.3 cm³/mol. The molecular formula is C13H21NO5. The van der Waals surface area contributed by atoms with Gasteiger partial charge in [-0.15, -0.1) is 0 Å². The average molecular weight is 271 g/mol. The molecule has 6 nitrogen and oxygen atoms in total. The molecular weight excluding hydrogens is 250 g/mol. The van der Waals surface area contributed by atoms with Gasteiger partial charge in [0, 0.05) is 5.92 Å². The molecule has 0 bridgehead atoms. The van der Waals surface area contributed by atoms with E-state index in [1.54, 1.807) is 0 Å². The quantitative estimate of drug-likeness (QED) is 0.721. The molecule has 1 rings (SSSR count). The Morgan fingerprint density at radius 3 is 2.21 bits per heavy atom. The molecule has 0 aromatic heterocycles. The lowest BCUT2D eigenvalue weighted by Gasteiger charge is -2.21. The average Bonchev–Trinajstić information content (AvgIpc) is 2.84. The van der Waals surface area contributed by atoms with Crippen LogP contribution < -0.4 is 5.32 Å². The van der Waals surface area contributed by atoms with Gasteiger partial charge in [-0.2, -0.15) is 0 Å². The highest BCUT2D eigenvalue weighted by Gasteiger charge is 2.36. The molecule has 0 aromatic carbocycles. The van der Waals surface area contributed by atoms with Crippen LogP contribution in [-0.4, -0.2) is 36.1 Å². The van der Waals surface area contributed by atoms with E-state index in [0.29, 0.717) is 19.3 Å². The maximum Gasteiger partial charge on any atom is 0.328 e. The maximum absolute atomic E-state index is 12.0. The molecule has 6 heteroatoms. The van der Waals surface area contributed by atoms with Crippen molar-refractivity contribution in [1.29, 1.82) is 0 Å². The molecule has 108 valence electrons. The number of nitrogens with one attached hydrogen (secondary N) is 1. The van der Waals surface area contributed by atoms with Crippen LogP contribution in [0, 0.1) is 17.8 Å². The zero-order valence-corrected chi connectivity index (χ0v) is 11.5. The predicted octanol–water partition coefficient (Wildman–Crippen LogP) is 0.801. The van der Waals surface area contributed by atoms with Crippen LogP contribution in [0.5, 0.6) is 0 Å². The minimum absolute atomic E-state index is 0.0759. The number of carboxylic acids is 1. The van der Waals surface area contributed by atoms with Crippen LogP contribution >= 0.6 is 0 Å². The Bertz CT molecular complexity index is 366. The van der Waals surface area contributed by atoms with E-state index in [9.17, 15) is 14.4 Å². The summed E-state index contributed by atoms with van der Waals surface area (Å²) in [6.45, 7) is 3.63. The third-order valence-electron chi connectivity index (χ3n) is 3.57. The second-order valence-corrected chi connectivity index (χ2v) is 5.30. The Labute approximate surface area is 112 Å². The molecule has 1 saturated carbocycles. The third-order valence-corrected chi connectivity index (χ3v) is 3.57. The smallest absolute Gasteiger partial charge is 0.328 e. The highest BCUT2D eigenvalue weighted by molar-refractivity contribution is 5.86. The zero-order chi connectivity index (χ0) is 14.6. The lowest BCUT2D eigenvalue weighted by atomic mass is 10.0. The van der Waals surface area contributed by atoms with Crippen LogP contribution in [0.3, 0.4) is 0 Å². The fraction of sp³-hybridized carbons (Fsp3) is 0.769. The van der Waals surface area contributed by atoms with E-state index in [-0.39, 0.29) is 17.7 Å². The number of amides is 1. The molecule has 1 fully saturated rings. The molecule has 1 aliphatic rings. The van der Waals surface area contributed by atoms with Crippen molar-refractivity contribution in [3.05, 3.63) is 0 Å². The summed E-state index contributed by atoms with van der Waals surface area (Å²) in [5.74, 6) is -2.45. The molecule has 0 saturated heterocycles. The van der Waals surface area contributed by atoms with Gasteiger partial charge in [0.25, 0.3) is 0 Å². The number of aliphatic carboxylic acids is 1. The Hall–Kier alpha value is -1.59. The normalized spacial score (nSPS) is 24.0. The second kappa shape index (κ2) is 6.54. The molecule has 3 atom stereocenters. The summed E-state index contributed by atoms with van der Waals surface area (Å²) < 4.78 is 4.65. The monoisotopic (exact) mass is 271 g/mol. The standard InChI is InChI=1S/C13H21NO5/c1-7(2)10(13(18)19-3)14-11(15)8-4-5-9(6-8)12(16)17/h7-10H,4-6H2,1-3H3,(H,14,15)(H,16,17)/t8-,9+,10+/m1/s1. The first kappa shape index (κ1) is 15.5. The van der Waals surface area contributed by atoms with Gasteiger partial charge in [-0.05, 0) is 25.2 Å². The van der Waals surface area contributed by atoms with Crippen molar-refractivity contribution >= 4 is 17.8 Å². The SMILES string of the molecule is COC(=O)[C@@H](NC(=O)[C@@H]1CC[C@H](C(=O)O)C1)C(C)C. The minimum Gasteiger partial charge on any atom is -0.481 e. The van der Waals surface area contributed by atoms with Crippen LogP contribution in [0.15, 0.2) is 0 Å². The fourth-order valence-electron chi connectivity index (χ4n) is 2.34. The first-order chi connectivity index (χ1) is 8.86. The van der Waals surface area contributed by atoms with Gasteiger partial charge in [0.1, 0.15) is 6.04 Å². The van der Waals surface area contributed by atoms with Crippen molar-refractivity contribution in [1.82, 2.24) is 5.32 Å². The summed E-state index contributed by atoms with van der Waals surface area (Å²) in [6.07, 6.45) is 1.40. The van der Waals surface area contributed by atoms with Gasteiger partial charge < -0.3 is 15.2 Å². The number of hydrogen-bond acceptors (Lipinski definition) is 4. The van der Waals surface area contributed by atoms with Crippen LogP contribution in [0.2, 0.25) is 0 Å². The summed E-state index contributed by atoms with van der Waals surface area (Å²) in [5.41, 5.74) is 0. The maximum atomic E-state index is 12.0. The van der Waals surface area contributed by atoms with E-state index in [2.05, 4.69) is 10.1 Å². The summed E-state index contributed by atoms with van der Waals surface area (Å²) in [7, 11) is 1.28. The molecule has 0 unspecified atom stereocenters. The fourth-order valence-corrected chi connectivity index (χ4v) is 2.34. The van der Waals surface area contributed by atoms with Crippen LogP contribution in [-0.2, 0) is 19.1 Å². The molecule has 0 radical (unpaired) electrons. The van der Waals surface area contributed by atoms with Crippen molar-refractivity contribution < 1.29 is 24.2 Å². The number of carbonyl (C=O) groups excluding carboxylic acids is 2. The van der Waals surface area contributed by atoms with Crippen molar-refractivity contribution in [2.75, 3.05) is 7.11 Å². The lowest BCUT2D eigenvalue weighted by Crippen LogP contribution is -2.47. The van der Waals surface area contributed by atoms with Crippen molar-refractivity contribution in [3.8, 4) is 0 Å². The Morgan fingerprint density at radius 2 is 1.79 bits per heavy atom. The first-order valence-electron chi connectivity index (χ1n) is 6.47. The molecule has 0 heterocycles. The van der Waals surface area contributed by atoms with Gasteiger partial charge in [-0.1, -0.05) is 13.8 Å². The lowest BCUT2D eigenvalue weighted by molar-refractivity contribution is -0.147. The van der Waals surface area contributed by atoms with E-state index in [1.165, 1.54) is 7.11 Å². The number of carbonyl (C=O) groups is 3. The zero-order valence-electron chi connectivity index (χ0n) is 11.5. The van der Waals surface area contributed by atoms with Gasteiger partial charge in [-0.3, -0.25) is 9.59 Å². The summed E-state index contributed by atoms with van der Waals surface area (Å²) in [4.78, 5) is 34.4. The number of hydrogen-bond donors (Lipinski definition) is 2. The highest BCUT2D eigenvalue weighted by atomic mass is 16.5. The van der Waals surface area contributed by atoms with Crippen molar-refractivity contribution in [2.45, 2.75) is 39.2 Å². The number of ether oxygens (including phenoxy) is 1. The number of esters is 1. The summed E-state index contributed by atoms with van der Waals surface area (Å²) >= 11 is 0. The summed E-state index contributed by atoms with van der Waals surface area (Å²) in [6, 6.07) is -0.679.